The van der Waals surface area contributed by atoms with E-state index < -0.39 is 16.2 Å². The molecule has 0 spiro atoms. The first kappa shape index (κ1) is 7.39. The molecule has 6 nitrogen and oxygen atoms in total. The Morgan fingerprint density at radius 1 is 1.73 bits per heavy atom. The lowest BCUT2D eigenvalue weighted by Gasteiger charge is -1.92. The molecule has 0 bridgehead atoms. The number of aryl methyl sites for hydroxylation is 1. The van der Waals surface area contributed by atoms with Gasteiger partial charge in [-0.25, -0.2) is 4.98 Å². The zero-order chi connectivity index (χ0) is 8.43. The van der Waals surface area contributed by atoms with Gasteiger partial charge in [0, 0.05) is 7.05 Å². The minimum absolute atomic E-state index is 0.505. The molecule has 0 aliphatic rings. The van der Waals surface area contributed by atoms with Crippen molar-refractivity contribution in [2.45, 2.75) is 0 Å². The van der Waals surface area contributed by atoms with Gasteiger partial charge < -0.3 is 0 Å². The normalized spacial score (nSPS) is 9.55. The maximum atomic E-state index is 10.9. The van der Waals surface area contributed by atoms with Crippen LogP contribution in [0.1, 0.15) is 0 Å². The Bertz CT molecular complexity index is 343. The van der Waals surface area contributed by atoms with E-state index >= 15 is 0 Å². The number of nitrogens with zero attached hydrogens (tertiary/aromatic N) is 3. The number of aromatic nitrogens is 2. The number of rotatable bonds is 1. The van der Waals surface area contributed by atoms with Crippen molar-refractivity contribution in [3.05, 3.63) is 33.0 Å². The quantitative estimate of drug-likeness (QED) is 0.411. The highest BCUT2D eigenvalue weighted by molar-refractivity contribution is 5.20. The molecule has 11 heavy (non-hydrogen) atoms. The molecular weight excluding hydrogens is 150 g/mol. The van der Waals surface area contributed by atoms with Gasteiger partial charge in [-0.1, -0.05) is 0 Å². The van der Waals surface area contributed by atoms with E-state index in [0.29, 0.717) is 0 Å². The molecule has 0 saturated carbocycles. The second-order valence-corrected chi connectivity index (χ2v) is 1.95. The minimum atomic E-state index is -0.755. The van der Waals surface area contributed by atoms with Crippen molar-refractivity contribution in [2.24, 2.45) is 7.05 Å². The first-order valence-corrected chi connectivity index (χ1v) is 2.78. The van der Waals surface area contributed by atoms with E-state index in [9.17, 15) is 14.9 Å². The number of hydrogen-bond acceptors (Lipinski definition) is 4. The fraction of sp³-hybridized carbons (Fsp3) is 0.200. The summed E-state index contributed by atoms with van der Waals surface area (Å²) in [5.41, 5.74) is -1.15. The van der Waals surface area contributed by atoms with Crippen LogP contribution >= 0.6 is 0 Å². The van der Waals surface area contributed by atoms with Gasteiger partial charge in [-0.05, 0) is 0 Å². The fourth-order valence-corrected chi connectivity index (χ4v) is 0.618. The first-order valence-electron chi connectivity index (χ1n) is 2.78. The van der Waals surface area contributed by atoms with Crippen molar-refractivity contribution in [1.29, 1.82) is 0 Å². The van der Waals surface area contributed by atoms with Gasteiger partial charge in [0.15, 0.2) is 0 Å². The summed E-state index contributed by atoms with van der Waals surface area (Å²) in [5.74, 6) is 0. The standard InChI is InChI=1S/C5H5N3O3/c1-7-3-6-2-4(5(7)9)8(10)11/h2-3H,1H3. The zero-order valence-corrected chi connectivity index (χ0v) is 5.72. The summed E-state index contributed by atoms with van der Waals surface area (Å²) < 4.78 is 1.05. The van der Waals surface area contributed by atoms with E-state index in [1.807, 2.05) is 0 Å². The average molecular weight is 155 g/mol. The van der Waals surface area contributed by atoms with E-state index in [1.54, 1.807) is 0 Å². The van der Waals surface area contributed by atoms with Gasteiger partial charge in [-0.15, -0.1) is 0 Å². The first-order chi connectivity index (χ1) is 5.13. The summed E-state index contributed by atoms with van der Waals surface area (Å²) in [6.07, 6.45) is 2.15. The molecule has 0 amide bonds. The van der Waals surface area contributed by atoms with Crippen molar-refractivity contribution < 1.29 is 4.92 Å². The Labute approximate surface area is 61.3 Å². The van der Waals surface area contributed by atoms with Crippen LogP contribution in [0.4, 0.5) is 5.69 Å². The Morgan fingerprint density at radius 3 is 2.82 bits per heavy atom. The molecule has 6 heteroatoms. The van der Waals surface area contributed by atoms with Crippen LogP contribution in [-0.4, -0.2) is 14.5 Å². The molecule has 1 rings (SSSR count). The highest BCUT2D eigenvalue weighted by atomic mass is 16.6. The molecular formula is C5H5N3O3. The van der Waals surface area contributed by atoms with Gasteiger partial charge in [0.1, 0.15) is 6.20 Å². The Balaban J connectivity index is 3.40. The molecule has 0 aliphatic carbocycles. The van der Waals surface area contributed by atoms with Crippen LogP contribution in [-0.2, 0) is 7.05 Å². The van der Waals surface area contributed by atoms with Crippen LogP contribution in [0.2, 0.25) is 0 Å². The molecule has 0 aliphatic heterocycles. The largest absolute Gasteiger partial charge is 0.352 e. The lowest BCUT2D eigenvalue weighted by molar-refractivity contribution is -0.386. The van der Waals surface area contributed by atoms with Gasteiger partial charge in [-0.3, -0.25) is 19.5 Å². The summed E-state index contributed by atoms with van der Waals surface area (Å²) in [5, 5.41) is 10.1. The summed E-state index contributed by atoms with van der Waals surface area (Å²) in [6, 6.07) is 0. The van der Waals surface area contributed by atoms with E-state index in [1.165, 1.54) is 13.4 Å². The molecule has 1 heterocycles. The number of nitro groups is 1. The average Bonchev–Trinajstić information content (AvgIpc) is 1.94. The van der Waals surface area contributed by atoms with Gasteiger partial charge in [0.25, 0.3) is 0 Å². The van der Waals surface area contributed by atoms with Crippen LogP contribution in [0.15, 0.2) is 17.3 Å². The minimum Gasteiger partial charge on any atom is -0.296 e. The van der Waals surface area contributed by atoms with Crippen molar-refractivity contribution in [3.63, 3.8) is 0 Å². The molecule has 1 aromatic rings. The maximum Gasteiger partial charge on any atom is 0.352 e. The maximum absolute atomic E-state index is 10.9. The van der Waals surface area contributed by atoms with Crippen molar-refractivity contribution in [3.8, 4) is 0 Å². The highest BCUT2D eigenvalue weighted by Gasteiger charge is 2.11. The Morgan fingerprint density at radius 2 is 2.36 bits per heavy atom. The second kappa shape index (κ2) is 2.49. The van der Waals surface area contributed by atoms with Crippen LogP contribution in [0.25, 0.3) is 0 Å². The Hall–Kier alpha value is -1.72. The summed E-state index contributed by atoms with van der Waals surface area (Å²) >= 11 is 0. The molecule has 0 fully saturated rings. The lowest BCUT2D eigenvalue weighted by Crippen LogP contribution is -2.19. The molecule has 1 aromatic heterocycles. The summed E-state index contributed by atoms with van der Waals surface area (Å²) in [7, 11) is 1.41. The predicted molar refractivity (Wildman–Crippen MR) is 36.1 cm³/mol. The second-order valence-electron chi connectivity index (χ2n) is 1.95. The monoisotopic (exact) mass is 155 g/mol. The molecule has 0 atom stereocenters. The van der Waals surface area contributed by atoms with Crippen molar-refractivity contribution >= 4 is 5.69 Å². The molecule has 0 unspecified atom stereocenters. The van der Waals surface area contributed by atoms with Crippen molar-refractivity contribution in [1.82, 2.24) is 9.55 Å². The highest BCUT2D eigenvalue weighted by Crippen LogP contribution is 1.97. The molecule has 0 N–H and O–H groups in total. The van der Waals surface area contributed by atoms with Gasteiger partial charge >= 0.3 is 11.2 Å². The van der Waals surface area contributed by atoms with E-state index in [2.05, 4.69) is 4.98 Å². The lowest BCUT2D eigenvalue weighted by atomic mass is 10.5. The SMILES string of the molecule is Cn1cncc([N+](=O)[O-])c1=O. The predicted octanol–water partition coefficient (Wildman–Crippen LogP) is -0.312. The van der Waals surface area contributed by atoms with Gasteiger partial charge in [0.2, 0.25) is 0 Å². The third kappa shape index (κ3) is 1.23. The zero-order valence-electron chi connectivity index (χ0n) is 5.72. The van der Waals surface area contributed by atoms with Gasteiger partial charge in [-0.2, -0.15) is 0 Å². The fourth-order valence-electron chi connectivity index (χ4n) is 0.618. The molecule has 0 aromatic carbocycles. The van der Waals surface area contributed by atoms with E-state index in [4.69, 9.17) is 0 Å². The van der Waals surface area contributed by atoms with Crippen LogP contribution < -0.4 is 5.56 Å². The summed E-state index contributed by atoms with van der Waals surface area (Å²) in [4.78, 5) is 23.8. The van der Waals surface area contributed by atoms with Crippen LogP contribution in [0.3, 0.4) is 0 Å². The third-order valence-electron chi connectivity index (χ3n) is 1.17. The Kier molecular flexibility index (Phi) is 1.67. The topological polar surface area (TPSA) is 78.0 Å². The smallest absolute Gasteiger partial charge is 0.296 e. The third-order valence-corrected chi connectivity index (χ3v) is 1.17. The molecule has 58 valence electrons. The molecule has 0 radical (unpaired) electrons. The van der Waals surface area contributed by atoms with Gasteiger partial charge in [0.05, 0.1) is 11.3 Å². The van der Waals surface area contributed by atoms with Crippen LogP contribution in [0.5, 0.6) is 0 Å². The van der Waals surface area contributed by atoms with Crippen molar-refractivity contribution in [2.75, 3.05) is 0 Å². The number of hydrogen-bond donors (Lipinski definition) is 0. The van der Waals surface area contributed by atoms with Crippen LogP contribution in [0, 0.1) is 10.1 Å². The van der Waals surface area contributed by atoms with E-state index in [-0.39, 0.29) is 0 Å². The van der Waals surface area contributed by atoms with E-state index in [0.717, 1.165) is 10.8 Å². The molecule has 0 saturated heterocycles. The summed E-state index contributed by atoms with van der Waals surface area (Å²) in [6.45, 7) is 0.